The summed E-state index contributed by atoms with van der Waals surface area (Å²) in [5.74, 6) is 0.842. The summed E-state index contributed by atoms with van der Waals surface area (Å²) >= 11 is 0. The van der Waals surface area contributed by atoms with Crippen LogP contribution in [-0.2, 0) is 4.74 Å². The fourth-order valence-corrected chi connectivity index (χ4v) is 2.65. The van der Waals surface area contributed by atoms with Crippen molar-refractivity contribution in [3.63, 3.8) is 0 Å². The summed E-state index contributed by atoms with van der Waals surface area (Å²) < 4.78 is 5.31. The summed E-state index contributed by atoms with van der Waals surface area (Å²) in [5, 5.41) is 0. The van der Waals surface area contributed by atoms with Crippen molar-refractivity contribution < 1.29 is 4.74 Å². The Balaban J connectivity index is 2.19. The molecule has 0 aromatic carbocycles. The lowest BCUT2D eigenvalue weighted by atomic mass is 9.93. The van der Waals surface area contributed by atoms with Crippen molar-refractivity contribution in [2.75, 3.05) is 13.7 Å². The highest BCUT2D eigenvalue weighted by molar-refractivity contribution is 4.61. The van der Waals surface area contributed by atoms with E-state index >= 15 is 0 Å². The van der Waals surface area contributed by atoms with Crippen LogP contribution < -0.4 is 0 Å². The van der Waals surface area contributed by atoms with Gasteiger partial charge in [-0.3, -0.25) is 0 Å². The SMILES string of the molecule is COCC1CCCCCCCCCCC1. The number of rotatable bonds is 2. The molecule has 0 aromatic rings. The first kappa shape index (κ1) is 13.0. The van der Waals surface area contributed by atoms with Gasteiger partial charge in [-0.2, -0.15) is 0 Å². The Morgan fingerprint density at radius 2 is 1.13 bits per heavy atom. The summed E-state index contributed by atoms with van der Waals surface area (Å²) in [6, 6.07) is 0. The van der Waals surface area contributed by atoms with Crippen LogP contribution in [0.4, 0.5) is 0 Å². The maximum absolute atomic E-state index is 5.31. The van der Waals surface area contributed by atoms with Crippen LogP contribution in [0.1, 0.15) is 70.6 Å². The third kappa shape index (κ3) is 6.94. The second-order valence-electron chi connectivity index (χ2n) is 5.08. The zero-order chi connectivity index (χ0) is 10.8. The van der Waals surface area contributed by atoms with E-state index in [0.717, 1.165) is 12.5 Å². The monoisotopic (exact) mass is 212 g/mol. The van der Waals surface area contributed by atoms with Gasteiger partial charge >= 0.3 is 0 Å². The van der Waals surface area contributed by atoms with Crippen LogP contribution >= 0.6 is 0 Å². The third-order valence-electron chi connectivity index (χ3n) is 3.63. The molecule has 0 saturated heterocycles. The number of hydrogen-bond donors (Lipinski definition) is 0. The second kappa shape index (κ2) is 9.21. The quantitative estimate of drug-likeness (QED) is 0.652. The van der Waals surface area contributed by atoms with Crippen molar-refractivity contribution in [2.24, 2.45) is 5.92 Å². The molecule has 0 radical (unpaired) electrons. The highest BCUT2D eigenvalue weighted by atomic mass is 16.5. The minimum Gasteiger partial charge on any atom is -0.384 e. The molecular formula is C14H28O. The van der Waals surface area contributed by atoms with Crippen LogP contribution in [0, 0.1) is 5.92 Å². The molecule has 0 amide bonds. The van der Waals surface area contributed by atoms with Crippen LogP contribution in [0.2, 0.25) is 0 Å². The zero-order valence-corrected chi connectivity index (χ0v) is 10.5. The Hall–Kier alpha value is -0.0400. The molecule has 1 aliphatic rings. The lowest BCUT2D eigenvalue weighted by Gasteiger charge is -2.16. The van der Waals surface area contributed by atoms with Crippen LogP contribution in [0.25, 0.3) is 0 Å². The van der Waals surface area contributed by atoms with Crippen molar-refractivity contribution in [3.8, 4) is 0 Å². The van der Waals surface area contributed by atoms with Crippen LogP contribution in [-0.4, -0.2) is 13.7 Å². The molecule has 1 aliphatic carbocycles. The molecule has 0 spiro atoms. The van der Waals surface area contributed by atoms with Gasteiger partial charge in [0.05, 0.1) is 0 Å². The van der Waals surface area contributed by atoms with Crippen molar-refractivity contribution in [1.29, 1.82) is 0 Å². The van der Waals surface area contributed by atoms with Gasteiger partial charge in [0, 0.05) is 13.7 Å². The number of hydrogen-bond acceptors (Lipinski definition) is 1. The van der Waals surface area contributed by atoms with E-state index in [4.69, 9.17) is 4.74 Å². The first-order valence-electron chi connectivity index (χ1n) is 6.92. The predicted octanol–water partition coefficient (Wildman–Crippen LogP) is 4.55. The summed E-state index contributed by atoms with van der Waals surface area (Å²) in [6.45, 7) is 0.986. The first-order chi connectivity index (χ1) is 7.43. The zero-order valence-electron chi connectivity index (χ0n) is 10.5. The molecule has 0 bridgehead atoms. The Morgan fingerprint density at radius 3 is 1.53 bits per heavy atom. The second-order valence-corrected chi connectivity index (χ2v) is 5.08. The largest absolute Gasteiger partial charge is 0.384 e. The first-order valence-corrected chi connectivity index (χ1v) is 6.92. The highest BCUT2D eigenvalue weighted by Gasteiger charge is 2.08. The Labute approximate surface area is 95.6 Å². The van der Waals surface area contributed by atoms with E-state index in [-0.39, 0.29) is 0 Å². The smallest absolute Gasteiger partial charge is 0.0490 e. The molecule has 0 unspecified atom stereocenters. The van der Waals surface area contributed by atoms with Crippen molar-refractivity contribution in [3.05, 3.63) is 0 Å². The fraction of sp³-hybridized carbons (Fsp3) is 1.00. The average Bonchev–Trinajstić information content (AvgIpc) is 2.22. The maximum Gasteiger partial charge on any atom is 0.0490 e. The van der Waals surface area contributed by atoms with Gasteiger partial charge < -0.3 is 4.74 Å². The summed E-state index contributed by atoms with van der Waals surface area (Å²) in [5.41, 5.74) is 0. The van der Waals surface area contributed by atoms with E-state index in [1.165, 1.54) is 70.6 Å². The molecule has 1 saturated carbocycles. The molecule has 0 aromatic heterocycles. The van der Waals surface area contributed by atoms with Gasteiger partial charge in [-0.05, 0) is 18.8 Å². The van der Waals surface area contributed by atoms with Crippen molar-refractivity contribution in [2.45, 2.75) is 70.6 Å². The van der Waals surface area contributed by atoms with Crippen molar-refractivity contribution in [1.82, 2.24) is 0 Å². The van der Waals surface area contributed by atoms with E-state index in [1.807, 2.05) is 7.11 Å². The lowest BCUT2D eigenvalue weighted by molar-refractivity contribution is 0.139. The summed E-state index contributed by atoms with van der Waals surface area (Å²) in [4.78, 5) is 0. The molecule has 0 heterocycles. The Kier molecular flexibility index (Phi) is 7.99. The molecule has 90 valence electrons. The van der Waals surface area contributed by atoms with Gasteiger partial charge in [-0.15, -0.1) is 0 Å². The van der Waals surface area contributed by atoms with Crippen molar-refractivity contribution >= 4 is 0 Å². The predicted molar refractivity (Wildman–Crippen MR) is 66.2 cm³/mol. The average molecular weight is 212 g/mol. The number of methoxy groups -OCH3 is 1. The Morgan fingerprint density at radius 1 is 0.733 bits per heavy atom. The van der Waals surface area contributed by atoms with E-state index in [0.29, 0.717) is 0 Å². The normalized spacial score (nSPS) is 23.0. The van der Waals surface area contributed by atoms with Gasteiger partial charge in [-0.25, -0.2) is 0 Å². The standard InChI is InChI=1S/C14H28O/c1-15-13-14-11-9-7-5-3-2-4-6-8-10-12-14/h14H,2-13H2,1H3. The molecule has 0 N–H and O–H groups in total. The molecule has 0 aliphatic heterocycles. The Bertz CT molecular complexity index is 121. The number of ether oxygens (including phenoxy) is 1. The third-order valence-corrected chi connectivity index (χ3v) is 3.63. The van der Waals surface area contributed by atoms with Crippen LogP contribution in [0.15, 0.2) is 0 Å². The van der Waals surface area contributed by atoms with E-state index in [9.17, 15) is 0 Å². The topological polar surface area (TPSA) is 9.23 Å². The van der Waals surface area contributed by atoms with Crippen LogP contribution in [0.3, 0.4) is 0 Å². The molecule has 1 fully saturated rings. The maximum atomic E-state index is 5.31. The fourth-order valence-electron chi connectivity index (χ4n) is 2.65. The van der Waals surface area contributed by atoms with Gasteiger partial charge in [0.2, 0.25) is 0 Å². The molecule has 1 rings (SSSR count). The summed E-state index contributed by atoms with van der Waals surface area (Å²) in [7, 11) is 1.84. The van der Waals surface area contributed by atoms with Crippen LogP contribution in [0.5, 0.6) is 0 Å². The molecule has 1 heteroatoms. The molecule has 15 heavy (non-hydrogen) atoms. The van der Waals surface area contributed by atoms with E-state index < -0.39 is 0 Å². The van der Waals surface area contributed by atoms with Gasteiger partial charge in [-0.1, -0.05) is 57.8 Å². The van der Waals surface area contributed by atoms with Gasteiger partial charge in [0.15, 0.2) is 0 Å². The highest BCUT2D eigenvalue weighted by Crippen LogP contribution is 2.20. The minimum absolute atomic E-state index is 0.842. The van der Waals surface area contributed by atoms with E-state index in [2.05, 4.69) is 0 Å². The summed E-state index contributed by atoms with van der Waals surface area (Å²) in [6.07, 6.45) is 15.9. The molecule has 0 atom stereocenters. The van der Waals surface area contributed by atoms with Gasteiger partial charge in [0.1, 0.15) is 0 Å². The molecule has 1 nitrogen and oxygen atoms in total. The lowest BCUT2D eigenvalue weighted by Crippen LogP contribution is -2.08. The van der Waals surface area contributed by atoms with Gasteiger partial charge in [0.25, 0.3) is 0 Å². The minimum atomic E-state index is 0.842. The van der Waals surface area contributed by atoms with E-state index in [1.54, 1.807) is 0 Å². The molecular weight excluding hydrogens is 184 g/mol.